The normalized spacial score (nSPS) is 22.9. The summed E-state index contributed by atoms with van der Waals surface area (Å²) >= 11 is 0. The molecule has 0 radical (unpaired) electrons. The Morgan fingerprint density at radius 1 is 1.30 bits per heavy atom. The Bertz CT molecular complexity index is 463. The van der Waals surface area contributed by atoms with Crippen LogP contribution in [0, 0.1) is 0 Å². The second kappa shape index (κ2) is 5.68. The lowest BCUT2D eigenvalue weighted by molar-refractivity contribution is -0.172. The summed E-state index contributed by atoms with van der Waals surface area (Å²) in [7, 11) is 0. The second-order valence-corrected chi connectivity index (χ2v) is 4.58. The van der Waals surface area contributed by atoms with Gasteiger partial charge < -0.3 is 4.74 Å². The van der Waals surface area contributed by atoms with Gasteiger partial charge in [0.25, 0.3) is 0 Å². The van der Waals surface area contributed by atoms with E-state index in [2.05, 4.69) is 0 Å². The molecular weight excluding hydrogens is 278 g/mol. The van der Waals surface area contributed by atoms with Crippen LogP contribution >= 0.6 is 0 Å². The first-order valence-electron chi connectivity index (χ1n) is 6.06. The van der Waals surface area contributed by atoms with Gasteiger partial charge in [-0.25, -0.2) is 9.18 Å². The van der Waals surface area contributed by atoms with Crippen LogP contribution in [0.1, 0.15) is 12.0 Å². The maximum Gasteiger partial charge on any atom is 0.410 e. The van der Waals surface area contributed by atoms with E-state index in [1.807, 2.05) is 0 Å². The van der Waals surface area contributed by atoms with Crippen molar-refractivity contribution in [2.24, 2.45) is 0 Å². The fourth-order valence-electron chi connectivity index (χ4n) is 2.10. The van der Waals surface area contributed by atoms with Gasteiger partial charge in [-0.1, -0.05) is 30.3 Å². The molecule has 0 bridgehead atoms. The van der Waals surface area contributed by atoms with Crippen molar-refractivity contribution >= 4 is 6.09 Å². The predicted octanol–water partition coefficient (Wildman–Crippen LogP) is 3.30. The molecule has 0 unspecified atom stereocenters. The summed E-state index contributed by atoms with van der Waals surface area (Å²) in [5.74, 6) is 0. The fourth-order valence-corrected chi connectivity index (χ4v) is 2.10. The number of carbonyl (C=O) groups is 1. The van der Waals surface area contributed by atoms with Crippen molar-refractivity contribution in [3.63, 3.8) is 0 Å². The molecule has 1 fully saturated rings. The van der Waals surface area contributed by atoms with Crippen LogP contribution in [0.3, 0.4) is 0 Å². The van der Waals surface area contributed by atoms with E-state index in [-0.39, 0.29) is 6.61 Å². The summed E-state index contributed by atoms with van der Waals surface area (Å²) in [4.78, 5) is 12.1. The number of nitrogens with zero attached hydrogens (tertiary/aromatic N) is 1. The number of halogens is 4. The first kappa shape index (κ1) is 14.6. The van der Waals surface area contributed by atoms with Gasteiger partial charge in [-0.3, -0.25) is 4.90 Å². The van der Waals surface area contributed by atoms with E-state index < -0.39 is 37.4 Å². The second-order valence-electron chi connectivity index (χ2n) is 4.58. The van der Waals surface area contributed by atoms with Gasteiger partial charge in [0.15, 0.2) is 0 Å². The SMILES string of the molecule is O=C(OCc1ccccc1)N1C[C@H](F)C[C@H]1C(F)(F)F. The van der Waals surface area contributed by atoms with Gasteiger partial charge in [0, 0.05) is 6.42 Å². The summed E-state index contributed by atoms with van der Waals surface area (Å²) in [5.41, 5.74) is 0.653. The van der Waals surface area contributed by atoms with E-state index in [1.54, 1.807) is 30.3 Å². The van der Waals surface area contributed by atoms with Gasteiger partial charge in [0.05, 0.1) is 6.54 Å². The van der Waals surface area contributed by atoms with Crippen molar-refractivity contribution in [2.45, 2.75) is 31.4 Å². The third-order valence-corrected chi connectivity index (χ3v) is 3.07. The van der Waals surface area contributed by atoms with Gasteiger partial charge >= 0.3 is 12.3 Å². The molecule has 7 heteroatoms. The largest absolute Gasteiger partial charge is 0.445 e. The van der Waals surface area contributed by atoms with Gasteiger partial charge in [-0.2, -0.15) is 13.2 Å². The minimum Gasteiger partial charge on any atom is -0.445 e. The van der Waals surface area contributed by atoms with Crippen molar-refractivity contribution < 1.29 is 27.1 Å². The monoisotopic (exact) mass is 291 g/mol. The molecule has 0 N–H and O–H groups in total. The molecule has 1 amide bonds. The molecule has 1 saturated heterocycles. The van der Waals surface area contributed by atoms with E-state index in [9.17, 15) is 22.4 Å². The van der Waals surface area contributed by atoms with E-state index >= 15 is 0 Å². The molecule has 0 aliphatic carbocycles. The lowest BCUT2D eigenvalue weighted by atomic mass is 10.2. The van der Waals surface area contributed by atoms with Crippen LogP contribution in [-0.4, -0.2) is 35.9 Å². The highest BCUT2D eigenvalue weighted by Gasteiger charge is 2.51. The van der Waals surface area contributed by atoms with Gasteiger partial charge in [0.2, 0.25) is 0 Å². The van der Waals surface area contributed by atoms with Crippen LogP contribution in [0.15, 0.2) is 30.3 Å². The zero-order chi connectivity index (χ0) is 14.8. The predicted molar refractivity (Wildman–Crippen MR) is 62.7 cm³/mol. The van der Waals surface area contributed by atoms with Gasteiger partial charge in [0.1, 0.15) is 18.8 Å². The molecule has 0 saturated carbocycles. The van der Waals surface area contributed by atoms with Crippen LogP contribution in [0.5, 0.6) is 0 Å². The van der Waals surface area contributed by atoms with Crippen LogP contribution in [-0.2, 0) is 11.3 Å². The van der Waals surface area contributed by atoms with Gasteiger partial charge in [-0.15, -0.1) is 0 Å². The zero-order valence-corrected chi connectivity index (χ0v) is 10.4. The third kappa shape index (κ3) is 3.40. The summed E-state index contributed by atoms with van der Waals surface area (Å²) in [6.07, 6.45) is -8.20. The Labute approximate surface area is 113 Å². The minimum absolute atomic E-state index is 0.141. The number of benzene rings is 1. The van der Waals surface area contributed by atoms with E-state index in [4.69, 9.17) is 4.74 Å². The number of alkyl halides is 4. The Morgan fingerprint density at radius 2 is 1.95 bits per heavy atom. The molecular formula is C13H13F4NO2. The standard InChI is InChI=1S/C13H13F4NO2/c14-10-6-11(13(15,16)17)18(7-10)12(19)20-8-9-4-2-1-3-5-9/h1-5,10-11H,6-8H2/t10-,11+/m1/s1. The highest BCUT2D eigenvalue weighted by Crippen LogP contribution is 2.34. The van der Waals surface area contributed by atoms with Crippen LogP contribution in [0.2, 0.25) is 0 Å². The smallest absolute Gasteiger partial charge is 0.410 e. The number of carbonyl (C=O) groups excluding carboxylic acids is 1. The number of hydrogen-bond donors (Lipinski definition) is 0. The molecule has 0 spiro atoms. The molecule has 1 aliphatic rings. The highest BCUT2D eigenvalue weighted by atomic mass is 19.4. The maximum atomic E-state index is 13.1. The quantitative estimate of drug-likeness (QED) is 0.782. The van der Waals surface area contributed by atoms with Crippen molar-refractivity contribution in [3.8, 4) is 0 Å². The maximum absolute atomic E-state index is 13.1. The molecule has 110 valence electrons. The summed E-state index contributed by atoms with van der Waals surface area (Å²) in [6, 6.07) is 6.44. The fraction of sp³-hybridized carbons (Fsp3) is 0.462. The van der Waals surface area contributed by atoms with Gasteiger partial charge in [-0.05, 0) is 5.56 Å². The minimum atomic E-state index is -4.65. The van der Waals surface area contributed by atoms with Crippen LogP contribution < -0.4 is 0 Å². The number of rotatable bonds is 2. The number of amides is 1. The Kier molecular flexibility index (Phi) is 4.15. The van der Waals surface area contributed by atoms with E-state index in [0.717, 1.165) is 0 Å². The van der Waals surface area contributed by atoms with E-state index in [1.165, 1.54) is 0 Å². The summed E-state index contributed by atoms with van der Waals surface area (Å²) < 4.78 is 56.0. The summed E-state index contributed by atoms with van der Waals surface area (Å²) in [5, 5.41) is 0. The van der Waals surface area contributed by atoms with Crippen LogP contribution in [0.25, 0.3) is 0 Å². The van der Waals surface area contributed by atoms with Crippen molar-refractivity contribution in [2.75, 3.05) is 6.54 Å². The summed E-state index contributed by atoms with van der Waals surface area (Å²) in [6.45, 7) is -0.727. The zero-order valence-electron chi connectivity index (χ0n) is 10.4. The van der Waals surface area contributed by atoms with E-state index in [0.29, 0.717) is 10.5 Å². The average molecular weight is 291 g/mol. The molecule has 1 aromatic rings. The molecule has 1 aliphatic heterocycles. The molecule has 0 aromatic heterocycles. The molecule has 20 heavy (non-hydrogen) atoms. The van der Waals surface area contributed by atoms with Crippen molar-refractivity contribution in [1.82, 2.24) is 4.90 Å². The highest BCUT2D eigenvalue weighted by molar-refractivity contribution is 5.68. The molecule has 1 heterocycles. The number of likely N-dealkylation sites (tertiary alicyclic amines) is 1. The van der Waals surface area contributed by atoms with Crippen molar-refractivity contribution in [3.05, 3.63) is 35.9 Å². The number of hydrogen-bond acceptors (Lipinski definition) is 2. The third-order valence-electron chi connectivity index (χ3n) is 3.07. The average Bonchev–Trinajstić information content (AvgIpc) is 2.79. The Hall–Kier alpha value is -1.79. The molecule has 2 rings (SSSR count). The lowest BCUT2D eigenvalue weighted by Gasteiger charge is -2.25. The van der Waals surface area contributed by atoms with Crippen LogP contribution in [0.4, 0.5) is 22.4 Å². The Morgan fingerprint density at radius 3 is 2.55 bits per heavy atom. The topological polar surface area (TPSA) is 29.5 Å². The first-order chi connectivity index (χ1) is 9.38. The molecule has 2 atom stereocenters. The molecule has 3 nitrogen and oxygen atoms in total. The first-order valence-corrected chi connectivity index (χ1v) is 6.06. The Balaban J connectivity index is 1.97. The molecule has 1 aromatic carbocycles. The lowest BCUT2D eigenvalue weighted by Crippen LogP contribution is -2.44. The van der Waals surface area contributed by atoms with Crippen molar-refractivity contribution in [1.29, 1.82) is 0 Å². The number of ether oxygens (including phenoxy) is 1.